The summed E-state index contributed by atoms with van der Waals surface area (Å²) in [7, 11) is 0. The number of nitrogens with one attached hydrogen (secondary N) is 1. The van der Waals surface area contributed by atoms with Crippen LogP contribution in [0.5, 0.6) is 0 Å². The summed E-state index contributed by atoms with van der Waals surface area (Å²) in [6.45, 7) is 4.10. The van der Waals surface area contributed by atoms with E-state index < -0.39 is 0 Å². The van der Waals surface area contributed by atoms with E-state index in [1.165, 1.54) is 32.1 Å². The lowest BCUT2D eigenvalue weighted by molar-refractivity contribution is -0.163. The van der Waals surface area contributed by atoms with Crippen molar-refractivity contribution in [3.8, 4) is 0 Å². The molecule has 146 valence electrons. The van der Waals surface area contributed by atoms with Gasteiger partial charge in [0, 0.05) is 30.0 Å². The Labute approximate surface area is 160 Å². The number of rotatable bonds is 6. The Balaban J connectivity index is 1.54. The number of carbonyl (C=O) groups is 1. The molecule has 2 fully saturated rings. The van der Waals surface area contributed by atoms with Gasteiger partial charge in [-0.2, -0.15) is 0 Å². The van der Waals surface area contributed by atoms with E-state index in [4.69, 9.17) is 4.74 Å². The summed E-state index contributed by atoms with van der Waals surface area (Å²) in [5, 5.41) is 13.6. The molecule has 1 amide bonds. The van der Waals surface area contributed by atoms with Gasteiger partial charge in [0.2, 0.25) is 5.91 Å². The predicted octanol–water partition coefficient (Wildman–Crippen LogP) is 3.87. The van der Waals surface area contributed by atoms with E-state index in [0.29, 0.717) is 18.9 Å². The average molecular weight is 370 g/mol. The maximum Gasteiger partial charge on any atom is 0.225 e. The fourth-order valence-corrected chi connectivity index (χ4v) is 4.99. The van der Waals surface area contributed by atoms with Crippen molar-refractivity contribution in [1.82, 2.24) is 4.57 Å². The number of benzene rings is 1. The molecule has 2 aromatic rings. The normalized spacial score (nSPS) is 19.8. The molecule has 2 heterocycles. The lowest BCUT2D eigenvalue weighted by atomic mass is 9.65. The molecule has 2 aliphatic rings. The summed E-state index contributed by atoms with van der Waals surface area (Å²) in [5.74, 6) is 0.693. The number of aryl methyl sites for hydroxylation is 1. The first-order chi connectivity index (χ1) is 13.1. The van der Waals surface area contributed by atoms with Gasteiger partial charge in [0.15, 0.2) is 0 Å². The second-order valence-corrected chi connectivity index (χ2v) is 8.34. The lowest BCUT2D eigenvalue weighted by Crippen LogP contribution is -2.51. The maximum absolute atomic E-state index is 13.0. The maximum atomic E-state index is 13.0. The number of ether oxygens (including phenoxy) is 1. The third-order valence-electron chi connectivity index (χ3n) is 6.49. The topological polar surface area (TPSA) is 63.5 Å². The van der Waals surface area contributed by atoms with Crippen LogP contribution in [0.1, 0.15) is 44.1 Å². The van der Waals surface area contributed by atoms with Crippen LogP contribution in [0, 0.1) is 18.3 Å². The Bertz CT molecular complexity index is 816. The summed E-state index contributed by atoms with van der Waals surface area (Å²) in [5.41, 5.74) is 3.06. The van der Waals surface area contributed by atoms with Crippen molar-refractivity contribution in [1.29, 1.82) is 0 Å². The average Bonchev–Trinajstić information content (AvgIpc) is 2.98. The Morgan fingerprint density at radius 3 is 2.74 bits per heavy atom. The van der Waals surface area contributed by atoms with Crippen LogP contribution in [0.15, 0.2) is 24.4 Å². The van der Waals surface area contributed by atoms with E-state index >= 15 is 0 Å². The SMILES string of the molecule is Cc1cccc2c1c(NC(=O)CC1(C3CCCCC3)COC1)cn2CCO. The van der Waals surface area contributed by atoms with E-state index in [0.717, 1.165) is 35.4 Å². The minimum absolute atomic E-state index is 0.0308. The van der Waals surface area contributed by atoms with Gasteiger partial charge in [-0.25, -0.2) is 0 Å². The van der Waals surface area contributed by atoms with Crippen LogP contribution < -0.4 is 5.32 Å². The van der Waals surface area contributed by atoms with Crippen molar-refractivity contribution in [3.63, 3.8) is 0 Å². The number of carbonyl (C=O) groups excluding carboxylic acids is 1. The Morgan fingerprint density at radius 2 is 2.07 bits per heavy atom. The molecule has 1 aliphatic heterocycles. The summed E-state index contributed by atoms with van der Waals surface area (Å²) >= 11 is 0. The zero-order valence-corrected chi connectivity index (χ0v) is 16.2. The molecule has 5 heteroatoms. The van der Waals surface area contributed by atoms with E-state index in [9.17, 15) is 9.90 Å². The minimum Gasteiger partial charge on any atom is -0.395 e. The quantitative estimate of drug-likeness (QED) is 0.811. The first kappa shape index (κ1) is 18.5. The van der Waals surface area contributed by atoms with Gasteiger partial charge in [-0.3, -0.25) is 4.79 Å². The highest BCUT2D eigenvalue weighted by atomic mass is 16.5. The van der Waals surface area contributed by atoms with Crippen LogP contribution >= 0.6 is 0 Å². The number of amides is 1. The van der Waals surface area contributed by atoms with Gasteiger partial charge in [-0.1, -0.05) is 31.4 Å². The van der Waals surface area contributed by atoms with Crippen molar-refractivity contribution in [3.05, 3.63) is 30.0 Å². The molecule has 0 radical (unpaired) electrons. The molecule has 4 rings (SSSR count). The van der Waals surface area contributed by atoms with E-state index in [2.05, 4.69) is 18.3 Å². The molecular formula is C22H30N2O3. The van der Waals surface area contributed by atoms with E-state index in [1.807, 2.05) is 22.9 Å². The minimum atomic E-state index is 0.0308. The van der Waals surface area contributed by atoms with E-state index in [1.54, 1.807) is 0 Å². The third-order valence-corrected chi connectivity index (χ3v) is 6.49. The largest absolute Gasteiger partial charge is 0.395 e. The second kappa shape index (κ2) is 7.64. The van der Waals surface area contributed by atoms with Crippen LogP contribution in [-0.2, 0) is 16.1 Å². The van der Waals surface area contributed by atoms with Gasteiger partial charge in [0.25, 0.3) is 0 Å². The van der Waals surface area contributed by atoms with Gasteiger partial charge in [0.05, 0.1) is 31.0 Å². The number of hydrogen-bond acceptors (Lipinski definition) is 3. The van der Waals surface area contributed by atoms with Crippen LogP contribution in [0.3, 0.4) is 0 Å². The molecule has 2 N–H and O–H groups in total. The Morgan fingerprint density at radius 1 is 1.30 bits per heavy atom. The summed E-state index contributed by atoms with van der Waals surface area (Å²) in [6, 6.07) is 6.11. The highest BCUT2D eigenvalue weighted by Crippen LogP contribution is 2.46. The van der Waals surface area contributed by atoms with Crippen LogP contribution in [-0.4, -0.2) is 35.4 Å². The van der Waals surface area contributed by atoms with Crippen LogP contribution in [0.4, 0.5) is 5.69 Å². The summed E-state index contributed by atoms with van der Waals surface area (Å²) in [4.78, 5) is 13.0. The molecule has 5 nitrogen and oxygen atoms in total. The van der Waals surface area contributed by atoms with Gasteiger partial charge in [0.1, 0.15) is 0 Å². The monoisotopic (exact) mass is 370 g/mol. The molecule has 1 aromatic heterocycles. The van der Waals surface area contributed by atoms with Gasteiger partial charge in [-0.05, 0) is 37.3 Å². The molecule has 27 heavy (non-hydrogen) atoms. The molecule has 0 spiro atoms. The highest BCUT2D eigenvalue weighted by molar-refractivity contribution is 6.03. The number of fused-ring (bicyclic) bond motifs is 1. The molecule has 1 aromatic carbocycles. The van der Waals surface area contributed by atoms with E-state index in [-0.39, 0.29) is 17.9 Å². The number of aromatic nitrogens is 1. The second-order valence-electron chi connectivity index (χ2n) is 8.34. The zero-order valence-electron chi connectivity index (χ0n) is 16.2. The summed E-state index contributed by atoms with van der Waals surface area (Å²) in [6.07, 6.45) is 8.83. The molecule has 1 saturated heterocycles. The van der Waals surface area contributed by atoms with Crippen LogP contribution in [0.25, 0.3) is 10.9 Å². The molecule has 0 bridgehead atoms. The van der Waals surface area contributed by atoms with Crippen molar-refractivity contribution < 1.29 is 14.6 Å². The first-order valence-electron chi connectivity index (χ1n) is 10.2. The standard InChI is InChI=1S/C22H30N2O3/c1-16-6-5-9-19-21(16)18(13-24(19)10-11-25)23-20(26)12-22(14-27-15-22)17-7-3-2-4-8-17/h5-6,9,13,17,25H,2-4,7-8,10-12,14-15H2,1H3,(H,23,26). The molecular weight excluding hydrogens is 340 g/mol. The Kier molecular flexibility index (Phi) is 5.24. The predicted molar refractivity (Wildman–Crippen MR) is 107 cm³/mol. The van der Waals surface area contributed by atoms with Gasteiger partial charge >= 0.3 is 0 Å². The number of nitrogens with zero attached hydrogens (tertiary/aromatic N) is 1. The molecule has 1 saturated carbocycles. The van der Waals surface area contributed by atoms with Crippen molar-refractivity contribution >= 4 is 22.5 Å². The third kappa shape index (κ3) is 3.50. The first-order valence-corrected chi connectivity index (χ1v) is 10.2. The number of anilines is 1. The van der Waals surface area contributed by atoms with Crippen molar-refractivity contribution in [2.45, 2.75) is 52.0 Å². The zero-order chi connectivity index (χ0) is 18.9. The number of hydrogen-bond donors (Lipinski definition) is 2. The van der Waals surface area contributed by atoms with Gasteiger partial charge < -0.3 is 19.7 Å². The molecule has 1 aliphatic carbocycles. The van der Waals surface area contributed by atoms with Gasteiger partial charge in [-0.15, -0.1) is 0 Å². The Hall–Kier alpha value is -1.85. The summed E-state index contributed by atoms with van der Waals surface area (Å²) < 4.78 is 7.57. The molecule has 0 atom stereocenters. The van der Waals surface area contributed by atoms with Crippen molar-refractivity contribution in [2.24, 2.45) is 11.3 Å². The number of aliphatic hydroxyl groups is 1. The fraction of sp³-hybridized carbons (Fsp3) is 0.591. The highest BCUT2D eigenvalue weighted by Gasteiger charge is 2.47. The van der Waals surface area contributed by atoms with Crippen LogP contribution in [0.2, 0.25) is 0 Å². The smallest absolute Gasteiger partial charge is 0.225 e. The molecule has 0 unspecified atom stereocenters. The number of aliphatic hydroxyl groups excluding tert-OH is 1. The fourth-order valence-electron chi connectivity index (χ4n) is 4.99. The van der Waals surface area contributed by atoms with Crippen molar-refractivity contribution in [2.75, 3.05) is 25.1 Å². The lowest BCUT2D eigenvalue weighted by Gasteiger charge is -2.48.